The summed E-state index contributed by atoms with van der Waals surface area (Å²) >= 11 is 0. The zero-order chi connectivity index (χ0) is 18.5. The van der Waals surface area contributed by atoms with Gasteiger partial charge in [-0.2, -0.15) is 0 Å². The van der Waals surface area contributed by atoms with E-state index < -0.39 is 29.0 Å². The van der Waals surface area contributed by atoms with Crippen molar-refractivity contribution in [2.75, 3.05) is 14.2 Å². The average molecular weight is 342 g/mol. The third-order valence-corrected chi connectivity index (χ3v) is 4.24. The smallest absolute Gasteiger partial charge is 0.341 e. The van der Waals surface area contributed by atoms with Gasteiger partial charge in [0.25, 0.3) is 0 Å². The maximum atomic E-state index is 12.9. The van der Waals surface area contributed by atoms with E-state index in [2.05, 4.69) is 0 Å². The van der Waals surface area contributed by atoms with Crippen molar-refractivity contribution in [2.24, 2.45) is 0 Å². The Bertz CT molecular complexity index is 957. The first-order valence-corrected chi connectivity index (χ1v) is 7.27. The molecule has 0 spiro atoms. The molecule has 1 aliphatic carbocycles. The highest BCUT2D eigenvalue weighted by Crippen LogP contribution is 2.41. The number of esters is 1. The topological polar surface area (TPSA) is 110 Å². The highest BCUT2D eigenvalue weighted by atomic mass is 16.5. The number of phenolic OH excluding ortho intramolecular Hbond substituents is 2. The number of fused-ring (bicyclic) bond motifs is 2. The second kappa shape index (κ2) is 5.62. The quantitative estimate of drug-likeness (QED) is 0.541. The molecule has 2 aromatic carbocycles. The summed E-state index contributed by atoms with van der Waals surface area (Å²) in [6.45, 7) is 1.49. The van der Waals surface area contributed by atoms with Gasteiger partial charge < -0.3 is 19.7 Å². The fraction of sp³-hybridized carbons (Fsp3) is 0.167. The van der Waals surface area contributed by atoms with Crippen LogP contribution in [0.3, 0.4) is 0 Å². The molecule has 7 nitrogen and oxygen atoms in total. The molecule has 0 amide bonds. The van der Waals surface area contributed by atoms with Gasteiger partial charge in [0, 0.05) is 11.1 Å². The van der Waals surface area contributed by atoms with Crippen LogP contribution >= 0.6 is 0 Å². The van der Waals surface area contributed by atoms with Gasteiger partial charge in [0.1, 0.15) is 22.8 Å². The monoisotopic (exact) mass is 342 g/mol. The van der Waals surface area contributed by atoms with E-state index in [4.69, 9.17) is 9.47 Å². The highest BCUT2D eigenvalue weighted by Gasteiger charge is 2.38. The van der Waals surface area contributed by atoms with Gasteiger partial charge in [-0.3, -0.25) is 9.59 Å². The zero-order valence-corrected chi connectivity index (χ0v) is 13.7. The van der Waals surface area contributed by atoms with Gasteiger partial charge in [-0.05, 0) is 30.7 Å². The largest absolute Gasteiger partial charge is 0.507 e. The zero-order valence-electron chi connectivity index (χ0n) is 13.7. The van der Waals surface area contributed by atoms with Gasteiger partial charge >= 0.3 is 5.97 Å². The Labute approximate surface area is 142 Å². The van der Waals surface area contributed by atoms with E-state index in [-0.39, 0.29) is 39.1 Å². The molecule has 0 saturated carbocycles. The summed E-state index contributed by atoms with van der Waals surface area (Å²) in [7, 11) is 2.51. The standard InChI is InChI=1S/C18H14O7/c1-7-12-8(6-11(24-2)13(7)18(23)25-3)16(21)14-9(19)4-5-10(20)15(14)17(12)22/h4-6,19-20H,1-3H3. The number of methoxy groups -OCH3 is 2. The molecule has 0 radical (unpaired) electrons. The number of carbonyl (C=O) groups excluding carboxylic acids is 3. The van der Waals surface area contributed by atoms with Crippen LogP contribution < -0.4 is 4.74 Å². The van der Waals surface area contributed by atoms with Crippen molar-refractivity contribution in [3.05, 3.63) is 51.6 Å². The van der Waals surface area contributed by atoms with Gasteiger partial charge in [0.05, 0.1) is 25.3 Å². The molecule has 2 N–H and O–H groups in total. The molecule has 0 aliphatic heterocycles. The Kier molecular flexibility index (Phi) is 3.71. The van der Waals surface area contributed by atoms with Crippen LogP contribution in [0.25, 0.3) is 0 Å². The van der Waals surface area contributed by atoms with Crippen LogP contribution in [0.5, 0.6) is 17.2 Å². The third kappa shape index (κ3) is 2.16. The molecular weight excluding hydrogens is 328 g/mol. The molecule has 3 rings (SSSR count). The normalized spacial score (nSPS) is 12.4. The van der Waals surface area contributed by atoms with Crippen LogP contribution in [-0.4, -0.2) is 42.0 Å². The van der Waals surface area contributed by atoms with E-state index in [1.807, 2.05) is 0 Å². The Balaban J connectivity index is 2.41. The molecule has 0 heterocycles. The number of phenols is 2. The minimum absolute atomic E-state index is 0.0135. The number of carbonyl (C=O) groups is 3. The Hall–Kier alpha value is -3.35. The summed E-state index contributed by atoms with van der Waals surface area (Å²) in [5.41, 5.74) is -0.382. The van der Waals surface area contributed by atoms with Crippen LogP contribution in [0.2, 0.25) is 0 Å². The number of aromatic hydroxyl groups is 2. The molecule has 0 atom stereocenters. The third-order valence-electron chi connectivity index (χ3n) is 4.24. The van der Waals surface area contributed by atoms with Crippen molar-refractivity contribution < 1.29 is 34.1 Å². The number of hydrogen-bond acceptors (Lipinski definition) is 7. The molecule has 128 valence electrons. The first-order chi connectivity index (χ1) is 11.8. The molecule has 0 aromatic heterocycles. The van der Waals surface area contributed by atoms with Crippen molar-refractivity contribution in [1.29, 1.82) is 0 Å². The van der Waals surface area contributed by atoms with Crippen LogP contribution in [-0.2, 0) is 4.74 Å². The van der Waals surface area contributed by atoms with Crippen molar-refractivity contribution in [2.45, 2.75) is 6.92 Å². The SMILES string of the molecule is COC(=O)c1c(OC)cc2c(c1C)C(=O)c1c(O)ccc(O)c1C2=O. The first-order valence-electron chi connectivity index (χ1n) is 7.27. The number of hydrogen-bond donors (Lipinski definition) is 2. The summed E-state index contributed by atoms with van der Waals surface area (Å²) in [5.74, 6) is -2.79. The van der Waals surface area contributed by atoms with Gasteiger partial charge in [-0.1, -0.05) is 0 Å². The Morgan fingerprint density at radius 3 is 2.04 bits per heavy atom. The maximum absolute atomic E-state index is 12.9. The van der Waals surface area contributed by atoms with Crippen LogP contribution in [0, 0.1) is 6.92 Å². The lowest BCUT2D eigenvalue weighted by Gasteiger charge is -2.23. The predicted molar refractivity (Wildman–Crippen MR) is 85.7 cm³/mol. The summed E-state index contributed by atoms with van der Waals surface area (Å²) in [4.78, 5) is 37.8. The van der Waals surface area contributed by atoms with E-state index in [1.54, 1.807) is 0 Å². The molecule has 1 aliphatic rings. The summed E-state index contributed by atoms with van der Waals surface area (Å²) in [6.07, 6.45) is 0. The summed E-state index contributed by atoms with van der Waals surface area (Å²) < 4.78 is 9.88. The van der Waals surface area contributed by atoms with Crippen LogP contribution in [0.4, 0.5) is 0 Å². The maximum Gasteiger partial charge on any atom is 0.341 e. The lowest BCUT2D eigenvalue weighted by Crippen LogP contribution is -2.24. The number of benzene rings is 2. The van der Waals surface area contributed by atoms with E-state index in [9.17, 15) is 24.6 Å². The molecule has 0 unspecified atom stereocenters. The van der Waals surface area contributed by atoms with Crippen molar-refractivity contribution in [3.63, 3.8) is 0 Å². The van der Waals surface area contributed by atoms with Gasteiger partial charge in [-0.25, -0.2) is 4.79 Å². The molecule has 25 heavy (non-hydrogen) atoms. The molecule has 7 heteroatoms. The van der Waals surface area contributed by atoms with Crippen LogP contribution in [0.1, 0.15) is 47.8 Å². The molecular formula is C18H14O7. The number of rotatable bonds is 2. The fourth-order valence-electron chi connectivity index (χ4n) is 3.08. The lowest BCUT2D eigenvalue weighted by atomic mass is 9.79. The summed E-state index contributed by atoms with van der Waals surface area (Å²) in [6, 6.07) is 3.53. The molecule has 0 fully saturated rings. The summed E-state index contributed by atoms with van der Waals surface area (Å²) in [5, 5.41) is 20.0. The predicted octanol–water partition coefficient (Wildman–Crippen LogP) is 1.98. The van der Waals surface area contributed by atoms with Crippen LogP contribution in [0.15, 0.2) is 18.2 Å². The van der Waals surface area contributed by atoms with E-state index in [0.29, 0.717) is 0 Å². The molecule has 2 aromatic rings. The molecule has 0 bridgehead atoms. The van der Waals surface area contributed by atoms with Gasteiger partial charge in [-0.15, -0.1) is 0 Å². The van der Waals surface area contributed by atoms with Crippen molar-refractivity contribution in [1.82, 2.24) is 0 Å². The number of ether oxygens (including phenoxy) is 2. The number of ketones is 2. The lowest BCUT2D eigenvalue weighted by molar-refractivity contribution is 0.0595. The first kappa shape index (κ1) is 16.5. The second-order valence-electron chi connectivity index (χ2n) is 5.51. The Morgan fingerprint density at radius 1 is 0.960 bits per heavy atom. The van der Waals surface area contributed by atoms with Gasteiger partial charge in [0.2, 0.25) is 0 Å². The second-order valence-corrected chi connectivity index (χ2v) is 5.51. The fourth-order valence-corrected chi connectivity index (χ4v) is 3.08. The average Bonchev–Trinajstić information content (AvgIpc) is 2.59. The minimum atomic E-state index is -0.719. The van der Waals surface area contributed by atoms with E-state index in [0.717, 1.165) is 12.1 Å². The van der Waals surface area contributed by atoms with E-state index in [1.165, 1.54) is 27.2 Å². The molecule has 0 saturated heterocycles. The van der Waals surface area contributed by atoms with Crippen molar-refractivity contribution >= 4 is 17.5 Å². The van der Waals surface area contributed by atoms with E-state index >= 15 is 0 Å². The Morgan fingerprint density at radius 2 is 1.52 bits per heavy atom. The minimum Gasteiger partial charge on any atom is -0.507 e. The van der Waals surface area contributed by atoms with Crippen molar-refractivity contribution in [3.8, 4) is 17.2 Å². The van der Waals surface area contributed by atoms with Gasteiger partial charge in [0.15, 0.2) is 11.6 Å². The highest BCUT2D eigenvalue weighted by molar-refractivity contribution is 6.31.